The molecule has 3 nitrogen and oxygen atoms in total. The van der Waals surface area contributed by atoms with Gasteiger partial charge in [-0.25, -0.2) is 0 Å². The SMILES string of the molecule is CC(C)N(C)CCCC(C)(C#N)NC1CC1. The van der Waals surface area contributed by atoms with E-state index < -0.39 is 0 Å². The number of rotatable bonds is 7. The molecule has 1 aliphatic rings. The Morgan fingerprint density at radius 2 is 2.12 bits per heavy atom. The number of hydrogen-bond donors (Lipinski definition) is 1. The van der Waals surface area contributed by atoms with Crippen molar-refractivity contribution in [2.45, 2.75) is 64.1 Å². The Balaban J connectivity index is 2.25. The molecule has 1 atom stereocenters. The van der Waals surface area contributed by atoms with Gasteiger partial charge in [-0.2, -0.15) is 5.26 Å². The predicted octanol–water partition coefficient (Wildman–Crippen LogP) is 2.14. The maximum Gasteiger partial charge on any atom is 0.104 e. The van der Waals surface area contributed by atoms with Crippen LogP contribution in [0.3, 0.4) is 0 Å². The molecule has 1 aliphatic carbocycles. The molecule has 1 N–H and O–H groups in total. The summed E-state index contributed by atoms with van der Waals surface area (Å²) in [4.78, 5) is 2.33. The Kier molecular flexibility index (Phi) is 4.76. The van der Waals surface area contributed by atoms with Crippen LogP contribution in [0.1, 0.15) is 46.5 Å². The van der Waals surface area contributed by atoms with E-state index in [1.807, 2.05) is 6.92 Å². The fraction of sp³-hybridized carbons (Fsp3) is 0.923. The molecule has 92 valence electrons. The minimum absolute atomic E-state index is 0.320. The molecule has 0 aromatic rings. The standard InChI is InChI=1S/C13H25N3/c1-11(2)16(4)9-5-8-13(3,10-14)15-12-6-7-12/h11-12,15H,5-9H2,1-4H3. The van der Waals surface area contributed by atoms with E-state index in [-0.39, 0.29) is 5.54 Å². The van der Waals surface area contributed by atoms with Gasteiger partial charge in [0.05, 0.1) is 6.07 Å². The van der Waals surface area contributed by atoms with Gasteiger partial charge in [0.2, 0.25) is 0 Å². The molecule has 0 aromatic carbocycles. The summed E-state index contributed by atoms with van der Waals surface area (Å²) in [6.07, 6.45) is 4.50. The van der Waals surface area contributed by atoms with E-state index >= 15 is 0 Å². The van der Waals surface area contributed by atoms with E-state index in [9.17, 15) is 5.26 Å². The molecule has 1 fully saturated rings. The summed E-state index contributed by atoms with van der Waals surface area (Å²) in [5, 5.41) is 12.7. The van der Waals surface area contributed by atoms with Crippen LogP contribution in [-0.2, 0) is 0 Å². The maximum atomic E-state index is 9.21. The number of nitrogens with one attached hydrogen (secondary N) is 1. The van der Waals surface area contributed by atoms with Crippen molar-refractivity contribution < 1.29 is 0 Å². The van der Waals surface area contributed by atoms with E-state index in [4.69, 9.17) is 0 Å². The first-order valence-electron chi connectivity index (χ1n) is 6.36. The van der Waals surface area contributed by atoms with E-state index in [1.54, 1.807) is 0 Å². The Labute approximate surface area is 99.8 Å². The monoisotopic (exact) mass is 223 g/mol. The Bertz CT molecular complexity index is 252. The van der Waals surface area contributed by atoms with Crippen molar-refractivity contribution in [3.05, 3.63) is 0 Å². The summed E-state index contributed by atoms with van der Waals surface area (Å²) in [5.41, 5.74) is -0.320. The summed E-state index contributed by atoms with van der Waals surface area (Å²) in [5.74, 6) is 0. The second-order valence-corrected chi connectivity index (χ2v) is 5.54. The van der Waals surface area contributed by atoms with Crippen molar-refractivity contribution in [2.75, 3.05) is 13.6 Å². The molecular weight excluding hydrogens is 198 g/mol. The minimum atomic E-state index is -0.320. The van der Waals surface area contributed by atoms with Crippen LogP contribution in [-0.4, -0.2) is 36.1 Å². The van der Waals surface area contributed by atoms with E-state index in [0.717, 1.165) is 19.4 Å². The first-order valence-corrected chi connectivity index (χ1v) is 6.36. The van der Waals surface area contributed by atoms with Gasteiger partial charge < -0.3 is 4.90 Å². The molecule has 0 spiro atoms. The molecule has 0 saturated heterocycles. The van der Waals surface area contributed by atoms with Crippen molar-refractivity contribution in [2.24, 2.45) is 0 Å². The summed E-state index contributed by atoms with van der Waals surface area (Å²) in [7, 11) is 2.14. The van der Waals surface area contributed by atoms with Crippen LogP contribution in [0.25, 0.3) is 0 Å². The summed E-state index contributed by atoms with van der Waals surface area (Å²) < 4.78 is 0. The van der Waals surface area contributed by atoms with Crippen LogP contribution in [0.15, 0.2) is 0 Å². The second kappa shape index (κ2) is 5.65. The number of nitriles is 1. The second-order valence-electron chi connectivity index (χ2n) is 5.54. The normalized spacial score (nSPS) is 19.8. The third kappa shape index (κ3) is 4.51. The van der Waals surface area contributed by atoms with Crippen LogP contribution in [0.4, 0.5) is 0 Å². The van der Waals surface area contributed by atoms with Gasteiger partial charge in [0, 0.05) is 12.1 Å². The van der Waals surface area contributed by atoms with Gasteiger partial charge in [0.15, 0.2) is 0 Å². The molecule has 0 heterocycles. The average Bonchev–Trinajstić information content (AvgIpc) is 3.01. The molecule has 1 rings (SSSR count). The molecule has 0 amide bonds. The molecule has 0 radical (unpaired) electrons. The van der Waals surface area contributed by atoms with Crippen molar-refractivity contribution in [3.8, 4) is 6.07 Å². The van der Waals surface area contributed by atoms with Gasteiger partial charge in [-0.1, -0.05) is 0 Å². The van der Waals surface area contributed by atoms with E-state index in [2.05, 4.69) is 37.2 Å². The number of nitrogens with zero attached hydrogens (tertiary/aromatic N) is 2. The lowest BCUT2D eigenvalue weighted by molar-refractivity contribution is 0.256. The first kappa shape index (κ1) is 13.5. The highest BCUT2D eigenvalue weighted by atomic mass is 15.1. The maximum absolute atomic E-state index is 9.21. The highest BCUT2D eigenvalue weighted by molar-refractivity contribution is 5.07. The van der Waals surface area contributed by atoms with Crippen LogP contribution >= 0.6 is 0 Å². The lowest BCUT2D eigenvalue weighted by Gasteiger charge is -2.26. The third-order valence-electron chi connectivity index (χ3n) is 3.42. The van der Waals surface area contributed by atoms with E-state index in [1.165, 1.54) is 12.8 Å². The fourth-order valence-corrected chi connectivity index (χ4v) is 1.78. The van der Waals surface area contributed by atoms with Gasteiger partial charge in [-0.05, 0) is 60.0 Å². The van der Waals surface area contributed by atoms with Gasteiger partial charge >= 0.3 is 0 Å². The Morgan fingerprint density at radius 3 is 2.56 bits per heavy atom. The van der Waals surface area contributed by atoms with Gasteiger partial charge in [0.25, 0.3) is 0 Å². The number of hydrogen-bond acceptors (Lipinski definition) is 3. The quantitative estimate of drug-likeness (QED) is 0.718. The largest absolute Gasteiger partial charge is 0.304 e. The molecule has 0 aliphatic heterocycles. The van der Waals surface area contributed by atoms with Crippen LogP contribution < -0.4 is 5.32 Å². The fourth-order valence-electron chi connectivity index (χ4n) is 1.78. The molecule has 16 heavy (non-hydrogen) atoms. The van der Waals surface area contributed by atoms with Gasteiger partial charge in [-0.3, -0.25) is 5.32 Å². The topological polar surface area (TPSA) is 39.1 Å². The predicted molar refractivity (Wildman–Crippen MR) is 67.2 cm³/mol. The Morgan fingerprint density at radius 1 is 1.50 bits per heavy atom. The minimum Gasteiger partial charge on any atom is -0.304 e. The zero-order chi connectivity index (χ0) is 12.2. The molecule has 3 heteroatoms. The van der Waals surface area contributed by atoms with Crippen LogP contribution in [0.2, 0.25) is 0 Å². The van der Waals surface area contributed by atoms with Crippen molar-refractivity contribution in [1.82, 2.24) is 10.2 Å². The van der Waals surface area contributed by atoms with Crippen molar-refractivity contribution >= 4 is 0 Å². The highest BCUT2D eigenvalue weighted by Gasteiger charge is 2.31. The smallest absolute Gasteiger partial charge is 0.104 e. The lowest BCUT2D eigenvalue weighted by Crippen LogP contribution is -2.43. The van der Waals surface area contributed by atoms with Gasteiger partial charge in [0.1, 0.15) is 5.54 Å². The third-order valence-corrected chi connectivity index (χ3v) is 3.42. The van der Waals surface area contributed by atoms with Crippen LogP contribution in [0.5, 0.6) is 0 Å². The first-order chi connectivity index (χ1) is 7.47. The van der Waals surface area contributed by atoms with E-state index in [0.29, 0.717) is 12.1 Å². The summed E-state index contributed by atoms with van der Waals surface area (Å²) >= 11 is 0. The zero-order valence-electron chi connectivity index (χ0n) is 11.1. The van der Waals surface area contributed by atoms with Crippen LogP contribution in [0, 0.1) is 11.3 Å². The Hall–Kier alpha value is -0.590. The zero-order valence-corrected chi connectivity index (χ0v) is 11.1. The van der Waals surface area contributed by atoms with Gasteiger partial charge in [-0.15, -0.1) is 0 Å². The molecule has 1 unspecified atom stereocenters. The average molecular weight is 223 g/mol. The lowest BCUT2D eigenvalue weighted by atomic mass is 9.97. The molecule has 1 saturated carbocycles. The summed E-state index contributed by atoms with van der Waals surface area (Å²) in [6, 6.07) is 3.61. The molecule has 0 bridgehead atoms. The highest BCUT2D eigenvalue weighted by Crippen LogP contribution is 2.24. The molecule has 0 aromatic heterocycles. The summed E-state index contributed by atoms with van der Waals surface area (Å²) in [6.45, 7) is 7.50. The van der Waals surface area contributed by atoms with Crippen molar-refractivity contribution in [3.63, 3.8) is 0 Å². The van der Waals surface area contributed by atoms with Crippen molar-refractivity contribution in [1.29, 1.82) is 5.26 Å². The molecular formula is C13H25N3.